The number of aromatic nitrogens is 1. The fourth-order valence-electron chi connectivity index (χ4n) is 1.76. The van der Waals surface area contributed by atoms with Crippen LogP contribution >= 0.6 is 0 Å². The summed E-state index contributed by atoms with van der Waals surface area (Å²) in [6.45, 7) is 0.794. The van der Waals surface area contributed by atoms with E-state index in [4.69, 9.17) is 10.5 Å². The minimum atomic E-state index is 0.536. The fourth-order valence-corrected chi connectivity index (χ4v) is 1.76. The summed E-state index contributed by atoms with van der Waals surface area (Å²) in [7, 11) is 3.69. The molecular formula is C14H17N3O. The van der Waals surface area contributed by atoms with E-state index in [9.17, 15) is 0 Å². The Bertz CT molecular complexity index is 511. The summed E-state index contributed by atoms with van der Waals surface area (Å²) in [5.41, 5.74) is 7.79. The second-order valence-electron chi connectivity index (χ2n) is 4.15. The summed E-state index contributed by atoms with van der Waals surface area (Å²) in [5.74, 6) is 1.41. The predicted octanol–water partition coefficient (Wildman–Crippen LogP) is 2.31. The highest BCUT2D eigenvalue weighted by molar-refractivity contribution is 5.48. The van der Waals surface area contributed by atoms with Gasteiger partial charge in [0.05, 0.1) is 19.0 Å². The molecule has 0 unspecified atom stereocenters. The quantitative estimate of drug-likeness (QED) is 0.895. The number of anilines is 2. The summed E-state index contributed by atoms with van der Waals surface area (Å²) in [5, 5.41) is 0. The van der Waals surface area contributed by atoms with E-state index in [1.54, 1.807) is 19.4 Å². The van der Waals surface area contributed by atoms with Gasteiger partial charge in [0.1, 0.15) is 11.6 Å². The second-order valence-corrected chi connectivity index (χ2v) is 4.15. The Kier molecular flexibility index (Phi) is 3.67. The first kappa shape index (κ1) is 12.2. The molecule has 2 aromatic rings. The van der Waals surface area contributed by atoms with Crippen molar-refractivity contribution < 1.29 is 4.74 Å². The molecule has 2 N–H and O–H groups in total. The molecular weight excluding hydrogens is 226 g/mol. The van der Waals surface area contributed by atoms with E-state index < -0.39 is 0 Å². The largest absolute Gasteiger partial charge is 0.497 e. The zero-order valence-electron chi connectivity index (χ0n) is 10.6. The van der Waals surface area contributed by atoms with Gasteiger partial charge in [-0.25, -0.2) is 4.98 Å². The number of ether oxygens (including phenoxy) is 1. The second kappa shape index (κ2) is 5.40. The van der Waals surface area contributed by atoms with E-state index in [1.165, 1.54) is 5.56 Å². The first-order valence-electron chi connectivity index (χ1n) is 5.74. The van der Waals surface area contributed by atoms with Crippen molar-refractivity contribution in [3.05, 3.63) is 48.2 Å². The van der Waals surface area contributed by atoms with Crippen LogP contribution in [0.15, 0.2) is 42.6 Å². The van der Waals surface area contributed by atoms with Gasteiger partial charge in [0.2, 0.25) is 0 Å². The topological polar surface area (TPSA) is 51.4 Å². The lowest BCUT2D eigenvalue weighted by molar-refractivity contribution is 0.414. The third-order valence-electron chi connectivity index (χ3n) is 2.77. The van der Waals surface area contributed by atoms with Crippen LogP contribution in [0.5, 0.6) is 5.75 Å². The lowest BCUT2D eigenvalue weighted by Crippen LogP contribution is -2.16. The highest BCUT2D eigenvalue weighted by Gasteiger charge is 2.03. The van der Waals surface area contributed by atoms with Crippen LogP contribution in [-0.4, -0.2) is 19.1 Å². The summed E-state index contributed by atoms with van der Waals surface area (Å²) in [4.78, 5) is 6.20. The molecule has 4 heteroatoms. The van der Waals surface area contributed by atoms with E-state index in [0.29, 0.717) is 5.82 Å². The molecule has 0 spiro atoms. The molecule has 0 bridgehead atoms. The maximum Gasteiger partial charge on any atom is 0.123 e. The summed E-state index contributed by atoms with van der Waals surface area (Å²) in [6, 6.07) is 11.8. The van der Waals surface area contributed by atoms with Gasteiger partial charge in [0.25, 0.3) is 0 Å². The molecule has 0 atom stereocenters. The van der Waals surface area contributed by atoms with E-state index in [2.05, 4.69) is 16.0 Å². The minimum Gasteiger partial charge on any atom is -0.497 e. The molecule has 94 valence electrons. The first-order chi connectivity index (χ1) is 8.69. The lowest BCUT2D eigenvalue weighted by atomic mass is 10.2. The maximum absolute atomic E-state index is 5.57. The molecule has 1 aromatic carbocycles. The maximum atomic E-state index is 5.57. The Morgan fingerprint density at radius 1 is 1.28 bits per heavy atom. The smallest absolute Gasteiger partial charge is 0.123 e. The number of benzene rings is 1. The van der Waals surface area contributed by atoms with Gasteiger partial charge in [-0.3, -0.25) is 0 Å². The number of hydrogen-bond acceptors (Lipinski definition) is 4. The third-order valence-corrected chi connectivity index (χ3v) is 2.77. The molecule has 1 aromatic heterocycles. The first-order valence-corrected chi connectivity index (χ1v) is 5.74. The van der Waals surface area contributed by atoms with Crippen LogP contribution in [0.4, 0.5) is 11.5 Å². The number of nitrogens with zero attached hydrogens (tertiary/aromatic N) is 2. The molecule has 4 nitrogen and oxygen atoms in total. The number of nitrogens with two attached hydrogens (primary N) is 1. The highest BCUT2D eigenvalue weighted by Crippen LogP contribution is 2.18. The Hall–Kier alpha value is -2.23. The Labute approximate surface area is 107 Å². The Balaban J connectivity index is 2.10. The predicted molar refractivity (Wildman–Crippen MR) is 73.8 cm³/mol. The van der Waals surface area contributed by atoms with Gasteiger partial charge in [-0.1, -0.05) is 12.1 Å². The molecule has 18 heavy (non-hydrogen) atoms. The molecule has 0 fully saturated rings. The van der Waals surface area contributed by atoms with Crippen LogP contribution in [0.2, 0.25) is 0 Å². The molecule has 0 aliphatic rings. The van der Waals surface area contributed by atoms with E-state index in [0.717, 1.165) is 18.0 Å². The SMILES string of the molecule is COc1cccc(CN(C)c2ccc(N)nc2)c1. The average Bonchev–Trinajstić information content (AvgIpc) is 2.39. The van der Waals surface area contributed by atoms with E-state index >= 15 is 0 Å². The summed E-state index contributed by atoms with van der Waals surface area (Å²) >= 11 is 0. The van der Waals surface area contributed by atoms with Crippen LogP contribution in [0.3, 0.4) is 0 Å². The lowest BCUT2D eigenvalue weighted by Gasteiger charge is -2.19. The Morgan fingerprint density at radius 3 is 2.78 bits per heavy atom. The van der Waals surface area contributed by atoms with Gasteiger partial charge < -0.3 is 15.4 Å². The fraction of sp³-hybridized carbons (Fsp3) is 0.214. The summed E-state index contributed by atoms with van der Waals surface area (Å²) < 4.78 is 5.21. The monoisotopic (exact) mass is 243 g/mol. The van der Waals surface area contributed by atoms with Crippen molar-refractivity contribution in [1.82, 2.24) is 4.98 Å². The number of pyridine rings is 1. The van der Waals surface area contributed by atoms with Crippen molar-refractivity contribution in [3.8, 4) is 5.75 Å². The Morgan fingerprint density at radius 2 is 2.11 bits per heavy atom. The van der Waals surface area contributed by atoms with Crippen molar-refractivity contribution >= 4 is 11.5 Å². The molecule has 0 saturated carbocycles. The number of nitrogen functional groups attached to an aromatic ring is 1. The van der Waals surface area contributed by atoms with Gasteiger partial charge in [-0.15, -0.1) is 0 Å². The van der Waals surface area contributed by atoms with Gasteiger partial charge in [-0.2, -0.15) is 0 Å². The standard InChI is InChI=1S/C14H17N3O/c1-17(12-6-7-14(15)16-9-12)10-11-4-3-5-13(8-11)18-2/h3-9H,10H2,1-2H3,(H2,15,16). The van der Waals surface area contributed by atoms with Crippen molar-refractivity contribution in [2.24, 2.45) is 0 Å². The van der Waals surface area contributed by atoms with Crippen molar-refractivity contribution in [2.45, 2.75) is 6.54 Å². The van der Waals surface area contributed by atoms with Gasteiger partial charge in [0, 0.05) is 13.6 Å². The van der Waals surface area contributed by atoms with Crippen molar-refractivity contribution in [2.75, 3.05) is 24.8 Å². The number of methoxy groups -OCH3 is 1. The number of rotatable bonds is 4. The van der Waals surface area contributed by atoms with Crippen LogP contribution in [0, 0.1) is 0 Å². The average molecular weight is 243 g/mol. The molecule has 0 saturated heterocycles. The molecule has 0 radical (unpaired) electrons. The van der Waals surface area contributed by atoms with E-state index in [1.807, 2.05) is 31.3 Å². The van der Waals surface area contributed by atoms with Crippen LogP contribution < -0.4 is 15.4 Å². The normalized spacial score (nSPS) is 10.1. The van der Waals surface area contributed by atoms with Gasteiger partial charge >= 0.3 is 0 Å². The van der Waals surface area contributed by atoms with E-state index in [-0.39, 0.29) is 0 Å². The zero-order chi connectivity index (χ0) is 13.0. The molecule has 0 amide bonds. The van der Waals surface area contributed by atoms with Crippen LogP contribution in [0.25, 0.3) is 0 Å². The highest BCUT2D eigenvalue weighted by atomic mass is 16.5. The zero-order valence-corrected chi connectivity index (χ0v) is 10.6. The molecule has 1 heterocycles. The third kappa shape index (κ3) is 2.91. The van der Waals surface area contributed by atoms with Crippen LogP contribution in [-0.2, 0) is 6.54 Å². The summed E-state index contributed by atoms with van der Waals surface area (Å²) in [6.07, 6.45) is 1.77. The van der Waals surface area contributed by atoms with Crippen LogP contribution in [0.1, 0.15) is 5.56 Å². The minimum absolute atomic E-state index is 0.536. The molecule has 2 rings (SSSR count). The van der Waals surface area contributed by atoms with Crippen molar-refractivity contribution in [3.63, 3.8) is 0 Å². The van der Waals surface area contributed by atoms with Gasteiger partial charge in [0.15, 0.2) is 0 Å². The van der Waals surface area contributed by atoms with Gasteiger partial charge in [-0.05, 0) is 29.8 Å². The van der Waals surface area contributed by atoms with Crippen molar-refractivity contribution in [1.29, 1.82) is 0 Å². The molecule has 0 aliphatic heterocycles. The molecule has 0 aliphatic carbocycles. The number of hydrogen-bond donors (Lipinski definition) is 1.